The van der Waals surface area contributed by atoms with Gasteiger partial charge in [-0.2, -0.15) is 0 Å². The topological polar surface area (TPSA) is 69.1 Å². The number of methoxy groups -OCH3 is 2. The Hall–Kier alpha value is -2.24. The molecule has 25 heavy (non-hydrogen) atoms. The smallest absolute Gasteiger partial charge is 0.264 e. The predicted molar refractivity (Wildman–Crippen MR) is 95.2 cm³/mol. The Morgan fingerprint density at radius 1 is 1.16 bits per heavy atom. The van der Waals surface area contributed by atoms with E-state index >= 15 is 0 Å². The van der Waals surface area contributed by atoms with Crippen molar-refractivity contribution in [3.63, 3.8) is 0 Å². The summed E-state index contributed by atoms with van der Waals surface area (Å²) >= 11 is 0. The molecule has 1 saturated carbocycles. The van der Waals surface area contributed by atoms with Gasteiger partial charge < -0.3 is 19.6 Å². The van der Waals surface area contributed by atoms with E-state index < -0.39 is 6.10 Å². The number of oxime groups is 1. The highest BCUT2D eigenvalue weighted by Crippen LogP contribution is 2.29. The van der Waals surface area contributed by atoms with Crippen LogP contribution in [0.4, 0.5) is 0 Å². The quantitative estimate of drug-likeness (QED) is 0.832. The number of nitrogens with one attached hydrogen (secondary N) is 1. The third-order valence-corrected chi connectivity index (χ3v) is 4.88. The molecule has 1 aliphatic heterocycles. The summed E-state index contributed by atoms with van der Waals surface area (Å²) < 4.78 is 10.7. The first-order chi connectivity index (χ1) is 12.2. The summed E-state index contributed by atoms with van der Waals surface area (Å²) in [5.41, 5.74) is 1.50. The highest BCUT2D eigenvalue weighted by molar-refractivity contribution is 6.06. The van der Waals surface area contributed by atoms with Crippen LogP contribution in [0.15, 0.2) is 23.4 Å². The molecule has 0 saturated heterocycles. The number of rotatable bonds is 5. The number of carbonyl (C=O) groups excluding carboxylic acids is 1. The zero-order chi connectivity index (χ0) is 17.6. The Kier molecular flexibility index (Phi) is 5.79. The van der Waals surface area contributed by atoms with Crippen molar-refractivity contribution < 1.29 is 19.1 Å². The van der Waals surface area contributed by atoms with E-state index in [0.717, 1.165) is 18.4 Å². The lowest BCUT2D eigenvalue weighted by Crippen LogP contribution is -2.41. The minimum Gasteiger partial charge on any atom is -0.497 e. The van der Waals surface area contributed by atoms with Gasteiger partial charge in [0.15, 0.2) is 0 Å². The Labute approximate surface area is 148 Å². The van der Waals surface area contributed by atoms with Crippen molar-refractivity contribution in [3.05, 3.63) is 23.8 Å². The van der Waals surface area contributed by atoms with Crippen molar-refractivity contribution in [2.45, 2.75) is 57.1 Å². The van der Waals surface area contributed by atoms with Gasteiger partial charge in [0.1, 0.15) is 11.5 Å². The van der Waals surface area contributed by atoms with Crippen molar-refractivity contribution in [2.75, 3.05) is 14.2 Å². The molecule has 0 spiro atoms. The van der Waals surface area contributed by atoms with Crippen molar-refractivity contribution in [3.8, 4) is 11.5 Å². The molecule has 0 aromatic heterocycles. The summed E-state index contributed by atoms with van der Waals surface area (Å²) in [6.45, 7) is 0. The minimum absolute atomic E-state index is 0.0764. The fourth-order valence-corrected chi connectivity index (χ4v) is 3.43. The number of nitrogens with zero attached hydrogens (tertiary/aromatic N) is 1. The van der Waals surface area contributed by atoms with Gasteiger partial charge in [-0.3, -0.25) is 4.79 Å². The molecule has 3 rings (SSSR count). The maximum atomic E-state index is 12.5. The number of hydrogen-bond donors (Lipinski definition) is 1. The summed E-state index contributed by atoms with van der Waals surface area (Å²) in [4.78, 5) is 17.9. The van der Waals surface area contributed by atoms with Gasteiger partial charge in [-0.15, -0.1) is 0 Å². The van der Waals surface area contributed by atoms with E-state index in [1.165, 1.54) is 25.7 Å². The summed E-state index contributed by atoms with van der Waals surface area (Å²) in [5, 5.41) is 7.26. The van der Waals surface area contributed by atoms with Gasteiger partial charge in [0.05, 0.1) is 19.9 Å². The van der Waals surface area contributed by atoms with Crippen LogP contribution in [0.25, 0.3) is 0 Å². The second-order valence-corrected chi connectivity index (χ2v) is 6.60. The van der Waals surface area contributed by atoms with Crippen LogP contribution in [0.5, 0.6) is 11.5 Å². The Morgan fingerprint density at radius 2 is 1.92 bits per heavy atom. The lowest BCUT2D eigenvalue weighted by atomic mass is 10.0. The molecule has 1 heterocycles. The zero-order valence-corrected chi connectivity index (χ0v) is 14.9. The third-order valence-electron chi connectivity index (χ3n) is 4.88. The molecule has 1 N–H and O–H groups in total. The second kappa shape index (κ2) is 8.23. The number of benzene rings is 1. The largest absolute Gasteiger partial charge is 0.497 e. The first-order valence-corrected chi connectivity index (χ1v) is 8.96. The first kappa shape index (κ1) is 17.6. The van der Waals surface area contributed by atoms with Gasteiger partial charge in [0.2, 0.25) is 6.10 Å². The average Bonchev–Trinajstić information content (AvgIpc) is 3.00. The van der Waals surface area contributed by atoms with E-state index in [1.807, 2.05) is 18.2 Å². The highest BCUT2D eigenvalue weighted by atomic mass is 16.6. The van der Waals surface area contributed by atoms with E-state index in [1.54, 1.807) is 14.2 Å². The number of ether oxygens (including phenoxy) is 2. The van der Waals surface area contributed by atoms with Crippen molar-refractivity contribution >= 4 is 11.6 Å². The molecule has 0 radical (unpaired) electrons. The highest BCUT2D eigenvalue weighted by Gasteiger charge is 2.31. The van der Waals surface area contributed by atoms with E-state index in [4.69, 9.17) is 14.3 Å². The van der Waals surface area contributed by atoms with Crippen LogP contribution < -0.4 is 14.8 Å². The molecule has 2 aliphatic rings. The molecule has 136 valence electrons. The Bertz CT molecular complexity index is 636. The molecular formula is C19H26N2O4. The van der Waals surface area contributed by atoms with Crippen LogP contribution in [0.3, 0.4) is 0 Å². The maximum absolute atomic E-state index is 12.5. The Morgan fingerprint density at radius 3 is 2.60 bits per heavy atom. The fourth-order valence-electron chi connectivity index (χ4n) is 3.43. The normalized spacial score (nSPS) is 21.0. The molecule has 1 amide bonds. The van der Waals surface area contributed by atoms with Gasteiger partial charge in [-0.1, -0.05) is 30.8 Å². The Balaban J connectivity index is 1.63. The van der Waals surface area contributed by atoms with Crippen molar-refractivity contribution in [1.82, 2.24) is 5.32 Å². The summed E-state index contributed by atoms with van der Waals surface area (Å²) in [6.07, 6.45) is 6.84. The van der Waals surface area contributed by atoms with Crippen LogP contribution in [-0.2, 0) is 9.63 Å². The molecule has 1 aromatic rings. The standard InChI is InChI=1S/C19H26N2O4/c1-23-14-9-10-17(24-2)15(11-14)16-12-18(25-21-16)19(22)20-13-7-5-3-4-6-8-13/h9-11,13,18H,3-8,12H2,1-2H3,(H,20,22). The van der Waals surface area contributed by atoms with Crippen molar-refractivity contribution in [2.24, 2.45) is 5.16 Å². The molecule has 1 unspecified atom stereocenters. The lowest BCUT2D eigenvalue weighted by Gasteiger charge is -2.18. The van der Waals surface area contributed by atoms with Crippen LogP contribution in [0.1, 0.15) is 50.5 Å². The van der Waals surface area contributed by atoms with Crippen LogP contribution >= 0.6 is 0 Å². The minimum atomic E-state index is -0.575. The van der Waals surface area contributed by atoms with Crippen molar-refractivity contribution in [1.29, 1.82) is 0 Å². The number of amides is 1. The summed E-state index contributed by atoms with van der Waals surface area (Å²) in [5.74, 6) is 1.32. The van der Waals surface area contributed by atoms with E-state index in [0.29, 0.717) is 23.6 Å². The number of carbonyl (C=O) groups is 1. The molecule has 1 aromatic carbocycles. The van der Waals surface area contributed by atoms with Crippen LogP contribution in [0.2, 0.25) is 0 Å². The van der Waals surface area contributed by atoms with E-state index in [2.05, 4.69) is 10.5 Å². The monoisotopic (exact) mass is 346 g/mol. The third kappa shape index (κ3) is 4.24. The average molecular weight is 346 g/mol. The van der Waals surface area contributed by atoms with Gasteiger partial charge in [-0.25, -0.2) is 0 Å². The predicted octanol–water partition coefficient (Wildman–Crippen LogP) is 3.04. The van der Waals surface area contributed by atoms with E-state index in [-0.39, 0.29) is 11.9 Å². The molecule has 0 bridgehead atoms. The molecule has 1 atom stereocenters. The summed E-state index contributed by atoms with van der Waals surface area (Å²) in [6, 6.07) is 5.77. The maximum Gasteiger partial charge on any atom is 0.264 e. The van der Waals surface area contributed by atoms with Gasteiger partial charge in [-0.05, 0) is 31.0 Å². The summed E-state index contributed by atoms with van der Waals surface area (Å²) in [7, 11) is 3.22. The van der Waals surface area contributed by atoms with Gasteiger partial charge in [0, 0.05) is 18.0 Å². The van der Waals surface area contributed by atoms with Gasteiger partial charge >= 0.3 is 0 Å². The lowest BCUT2D eigenvalue weighted by molar-refractivity contribution is -0.132. The zero-order valence-electron chi connectivity index (χ0n) is 14.9. The SMILES string of the molecule is COc1ccc(OC)c(C2=NOC(C(=O)NC3CCCCCC3)C2)c1. The second-order valence-electron chi connectivity index (χ2n) is 6.60. The van der Waals surface area contributed by atoms with E-state index in [9.17, 15) is 4.79 Å². The molecular weight excluding hydrogens is 320 g/mol. The van der Waals surface area contributed by atoms with Gasteiger partial charge in [0.25, 0.3) is 5.91 Å². The molecule has 6 nitrogen and oxygen atoms in total. The molecule has 1 aliphatic carbocycles. The van der Waals surface area contributed by atoms with Crippen LogP contribution in [0, 0.1) is 0 Å². The van der Waals surface area contributed by atoms with Crippen LogP contribution in [-0.4, -0.2) is 38.0 Å². The molecule has 6 heteroatoms. The number of hydrogen-bond acceptors (Lipinski definition) is 5. The first-order valence-electron chi connectivity index (χ1n) is 8.96. The molecule has 1 fully saturated rings. The fraction of sp³-hybridized carbons (Fsp3) is 0.579.